The number of pyridine rings is 1. The number of para-hydroxylation sites is 1. The zero-order valence-corrected chi connectivity index (χ0v) is 24.8. The number of fused-ring (bicyclic) bond motifs is 1. The molecule has 228 valence electrons. The molecule has 13 heteroatoms. The van der Waals surface area contributed by atoms with Gasteiger partial charge >= 0.3 is 5.69 Å². The third kappa shape index (κ3) is 6.37. The lowest BCUT2D eigenvalue weighted by Crippen LogP contribution is -2.21. The number of ether oxygens (including phenoxy) is 2. The summed E-state index contributed by atoms with van der Waals surface area (Å²) in [5.74, 6) is 0.990. The summed E-state index contributed by atoms with van der Waals surface area (Å²) >= 11 is 0. The molecule has 2 heterocycles. The van der Waals surface area contributed by atoms with Crippen molar-refractivity contribution in [3.8, 4) is 28.8 Å². The minimum absolute atomic E-state index is 0.0601. The van der Waals surface area contributed by atoms with Crippen LogP contribution in [0.3, 0.4) is 0 Å². The third-order valence-electron chi connectivity index (χ3n) is 6.92. The van der Waals surface area contributed by atoms with Crippen LogP contribution in [0.1, 0.15) is 43.4 Å². The Morgan fingerprint density at radius 3 is 2.44 bits per heavy atom. The fourth-order valence-electron chi connectivity index (χ4n) is 4.70. The molecule has 0 atom stereocenters. The summed E-state index contributed by atoms with van der Waals surface area (Å²) in [7, 11) is 0. The Bertz CT molecular complexity index is 2020. The zero-order chi connectivity index (χ0) is 32.2. The van der Waals surface area contributed by atoms with Gasteiger partial charge in [0.05, 0.1) is 33.6 Å². The summed E-state index contributed by atoms with van der Waals surface area (Å²) in [6, 6.07) is 17.4. The molecule has 0 aliphatic carbocycles. The summed E-state index contributed by atoms with van der Waals surface area (Å²) in [6.45, 7) is 8.42. The van der Waals surface area contributed by atoms with Crippen molar-refractivity contribution >= 4 is 28.5 Å². The highest BCUT2D eigenvalue weighted by atomic mass is 16.6. The molecule has 0 N–H and O–H groups in total. The van der Waals surface area contributed by atoms with Crippen LogP contribution in [0.15, 0.2) is 82.8 Å². The molecular formula is C32H28N6O7. The molecular weight excluding hydrogens is 580 g/mol. The molecule has 0 aliphatic rings. The van der Waals surface area contributed by atoms with Crippen LogP contribution in [0.25, 0.3) is 22.3 Å². The predicted molar refractivity (Wildman–Crippen MR) is 168 cm³/mol. The van der Waals surface area contributed by atoms with E-state index in [4.69, 9.17) is 14.5 Å². The molecule has 0 unspecified atom stereocenters. The van der Waals surface area contributed by atoms with E-state index in [9.17, 15) is 25.0 Å². The van der Waals surface area contributed by atoms with E-state index in [0.717, 1.165) is 23.1 Å². The summed E-state index contributed by atoms with van der Waals surface area (Å²) in [5.41, 5.74) is 2.21. The fraction of sp³-hybridized carbons (Fsp3) is 0.188. The largest absolute Gasteiger partial charge is 0.494 e. The Morgan fingerprint density at radius 1 is 1.00 bits per heavy atom. The van der Waals surface area contributed by atoms with Crippen LogP contribution in [-0.2, 0) is 0 Å². The molecule has 3 aromatic carbocycles. The Kier molecular flexibility index (Phi) is 8.61. The molecule has 0 saturated heterocycles. The van der Waals surface area contributed by atoms with E-state index < -0.39 is 21.1 Å². The minimum atomic E-state index is -0.635. The van der Waals surface area contributed by atoms with Gasteiger partial charge in [-0.1, -0.05) is 26.0 Å². The number of hydrogen-bond acceptors (Lipinski definition) is 10. The maximum Gasteiger partial charge on any atom is 0.312 e. The van der Waals surface area contributed by atoms with E-state index >= 15 is 0 Å². The van der Waals surface area contributed by atoms with Crippen molar-refractivity contribution in [1.29, 1.82) is 0 Å². The van der Waals surface area contributed by atoms with Gasteiger partial charge in [0.25, 0.3) is 11.2 Å². The van der Waals surface area contributed by atoms with Gasteiger partial charge in [0, 0.05) is 29.3 Å². The van der Waals surface area contributed by atoms with Crippen LogP contribution in [0.4, 0.5) is 11.4 Å². The standard InChI is InChI=1S/C32H28N6O7/c1-5-44-29-14-20(4)25(16-24(29)19(2)3)31-35-26-9-7-6-8-23(26)32(39)36(31)34-17-21-10-12-28(27(15-21)38(42)43)45-30-13-11-22(18-33-30)37(40)41/h6-19H,5H2,1-4H3. The second-order valence-electron chi connectivity index (χ2n) is 10.3. The van der Waals surface area contributed by atoms with Gasteiger partial charge in [-0.3, -0.25) is 25.0 Å². The Balaban J connectivity index is 1.59. The Hall–Kier alpha value is -5.98. The highest BCUT2D eigenvalue weighted by Crippen LogP contribution is 2.35. The zero-order valence-electron chi connectivity index (χ0n) is 24.8. The number of nitro benzene ring substituents is 1. The van der Waals surface area contributed by atoms with Crippen molar-refractivity contribution in [1.82, 2.24) is 14.6 Å². The number of rotatable bonds is 10. The lowest BCUT2D eigenvalue weighted by Gasteiger charge is -2.18. The molecule has 2 aromatic heterocycles. The van der Waals surface area contributed by atoms with Crippen LogP contribution in [0.2, 0.25) is 0 Å². The molecule has 0 amide bonds. The van der Waals surface area contributed by atoms with Crippen LogP contribution in [-0.4, -0.2) is 37.3 Å². The Morgan fingerprint density at radius 2 is 1.78 bits per heavy atom. The molecule has 5 aromatic rings. The molecule has 0 saturated carbocycles. The molecule has 0 fully saturated rings. The first-order valence-electron chi connectivity index (χ1n) is 14.0. The highest BCUT2D eigenvalue weighted by Gasteiger charge is 2.20. The highest BCUT2D eigenvalue weighted by molar-refractivity contribution is 5.83. The van der Waals surface area contributed by atoms with Gasteiger partial charge in [-0.15, -0.1) is 0 Å². The van der Waals surface area contributed by atoms with Crippen LogP contribution < -0.4 is 15.0 Å². The normalized spacial score (nSPS) is 11.3. The maximum absolute atomic E-state index is 13.7. The van der Waals surface area contributed by atoms with Gasteiger partial charge in [-0.25, -0.2) is 9.97 Å². The van der Waals surface area contributed by atoms with Gasteiger partial charge in [0.2, 0.25) is 11.6 Å². The van der Waals surface area contributed by atoms with Gasteiger partial charge in [-0.2, -0.15) is 9.78 Å². The third-order valence-corrected chi connectivity index (χ3v) is 6.92. The molecule has 0 bridgehead atoms. The second-order valence-corrected chi connectivity index (χ2v) is 10.3. The molecule has 13 nitrogen and oxygen atoms in total. The van der Waals surface area contributed by atoms with Gasteiger partial charge in [-0.05, 0) is 67.3 Å². The van der Waals surface area contributed by atoms with Crippen molar-refractivity contribution in [2.45, 2.75) is 33.6 Å². The van der Waals surface area contributed by atoms with Crippen molar-refractivity contribution in [3.63, 3.8) is 0 Å². The quantitative estimate of drug-likeness (QED) is 0.0943. The first-order chi connectivity index (χ1) is 21.6. The fourth-order valence-corrected chi connectivity index (χ4v) is 4.70. The number of hydrogen-bond donors (Lipinski definition) is 0. The van der Waals surface area contributed by atoms with Gasteiger partial charge in [0.1, 0.15) is 11.9 Å². The van der Waals surface area contributed by atoms with Gasteiger partial charge in [0.15, 0.2) is 5.82 Å². The molecule has 5 rings (SSSR count). The minimum Gasteiger partial charge on any atom is -0.494 e. The van der Waals surface area contributed by atoms with Crippen LogP contribution in [0, 0.1) is 27.2 Å². The van der Waals surface area contributed by atoms with Crippen molar-refractivity contribution < 1.29 is 19.3 Å². The van der Waals surface area contributed by atoms with E-state index in [1.807, 2.05) is 39.8 Å². The van der Waals surface area contributed by atoms with Gasteiger partial charge < -0.3 is 9.47 Å². The van der Waals surface area contributed by atoms with E-state index in [-0.39, 0.29) is 23.2 Å². The topological polar surface area (TPSA) is 165 Å². The Labute approximate surface area is 256 Å². The van der Waals surface area contributed by atoms with E-state index in [2.05, 4.69) is 10.1 Å². The number of nitrogens with zero attached hydrogens (tertiary/aromatic N) is 6. The number of aryl methyl sites for hydroxylation is 1. The summed E-state index contributed by atoms with van der Waals surface area (Å²) in [5, 5.41) is 27.6. The molecule has 45 heavy (non-hydrogen) atoms. The summed E-state index contributed by atoms with van der Waals surface area (Å²) < 4.78 is 12.6. The number of aromatic nitrogens is 3. The average Bonchev–Trinajstić information content (AvgIpc) is 3.01. The van der Waals surface area contributed by atoms with E-state index in [1.165, 1.54) is 41.2 Å². The van der Waals surface area contributed by atoms with E-state index in [1.54, 1.807) is 24.3 Å². The SMILES string of the molecule is CCOc1cc(C)c(-c2nc3ccccc3c(=O)n2N=Cc2ccc(Oc3ccc([N+](=O)[O-])cn3)c([N+](=O)[O-])c2)cc1C(C)C. The first-order valence-corrected chi connectivity index (χ1v) is 14.0. The smallest absolute Gasteiger partial charge is 0.312 e. The lowest BCUT2D eigenvalue weighted by molar-refractivity contribution is -0.385. The number of benzene rings is 3. The summed E-state index contributed by atoms with van der Waals surface area (Å²) in [4.78, 5) is 44.0. The van der Waals surface area contributed by atoms with Crippen LogP contribution in [0.5, 0.6) is 17.4 Å². The maximum atomic E-state index is 13.7. The van der Waals surface area contributed by atoms with Crippen molar-refractivity contribution in [2.24, 2.45) is 5.10 Å². The second kappa shape index (κ2) is 12.7. The van der Waals surface area contributed by atoms with E-state index in [0.29, 0.717) is 34.5 Å². The monoisotopic (exact) mass is 608 g/mol. The molecule has 0 aliphatic heterocycles. The molecule has 0 spiro atoms. The first kappa shape index (κ1) is 30.5. The van der Waals surface area contributed by atoms with Crippen molar-refractivity contribution in [3.05, 3.63) is 120 Å². The molecule has 0 radical (unpaired) electrons. The average molecular weight is 609 g/mol. The predicted octanol–water partition coefficient (Wildman–Crippen LogP) is 6.78. The van der Waals surface area contributed by atoms with Crippen molar-refractivity contribution in [2.75, 3.05) is 6.61 Å². The lowest BCUT2D eigenvalue weighted by atomic mass is 9.96. The van der Waals surface area contributed by atoms with Crippen LogP contribution >= 0.6 is 0 Å². The number of nitro groups is 2. The summed E-state index contributed by atoms with van der Waals surface area (Å²) in [6.07, 6.45) is 2.32.